The molecule has 0 saturated carbocycles. The molecule has 2 aromatic rings. The number of fused-ring (bicyclic) bond motifs is 2. The standard InChI is InChI=1S/C24H26F4N2O3/c1-32-19-7-3-15(22(12-19)33-2)13-30-17-5-6-18(30)11-16(10-17)29-23(31)14-4-8-20(21(25)9-14)24(26,27)28/h3-4,7-9,12,16-18H,5-6,10-11,13H2,1-2H3,(H,29,31). The summed E-state index contributed by atoms with van der Waals surface area (Å²) in [7, 11) is 3.23. The zero-order valence-electron chi connectivity index (χ0n) is 18.4. The molecule has 2 atom stereocenters. The average molecular weight is 466 g/mol. The fourth-order valence-electron chi connectivity index (χ4n) is 4.98. The molecule has 2 fully saturated rings. The molecule has 2 saturated heterocycles. The monoisotopic (exact) mass is 466 g/mol. The number of carbonyl (C=O) groups is 1. The summed E-state index contributed by atoms with van der Waals surface area (Å²) in [4.78, 5) is 15.0. The van der Waals surface area contributed by atoms with E-state index in [-0.39, 0.29) is 23.7 Å². The Hall–Kier alpha value is -2.81. The van der Waals surface area contributed by atoms with Crippen molar-refractivity contribution in [2.75, 3.05) is 14.2 Å². The maximum Gasteiger partial charge on any atom is 0.419 e. The molecule has 9 heteroatoms. The first-order valence-electron chi connectivity index (χ1n) is 10.8. The smallest absolute Gasteiger partial charge is 0.419 e. The Balaban J connectivity index is 1.40. The highest BCUT2D eigenvalue weighted by Gasteiger charge is 2.41. The van der Waals surface area contributed by atoms with Gasteiger partial charge in [0.25, 0.3) is 5.91 Å². The predicted molar refractivity (Wildman–Crippen MR) is 114 cm³/mol. The highest BCUT2D eigenvalue weighted by Crippen LogP contribution is 2.38. The number of halogens is 4. The molecule has 1 N–H and O–H groups in total. The highest BCUT2D eigenvalue weighted by atomic mass is 19.4. The van der Waals surface area contributed by atoms with Crippen LogP contribution in [0.25, 0.3) is 0 Å². The molecular formula is C24H26F4N2O3. The first-order chi connectivity index (χ1) is 15.7. The molecule has 0 aliphatic carbocycles. The minimum atomic E-state index is -4.79. The number of alkyl halides is 3. The second-order valence-electron chi connectivity index (χ2n) is 8.57. The van der Waals surface area contributed by atoms with Crippen LogP contribution in [0.5, 0.6) is 11.5 Å². The normalized spacial score (nSPS) is 22.8. The molecule has 1 amide bonds. The molecule has 0 radical (unpaired) electrons. The van der Waals surface area contributed by atoms with Crippen molar-refractivity contribution in [1.82, 2.24) is 10.2 Å². The summed E-state index contributed by atoms with van der Waals surface area (Å²) >= 11 is 0. The van der Waals surface area contributed by atoms with Crippen molar-refractivity contribution in [3.63, 3.8) is 0 Å². The lowest BCUT2D eigenvalue weighted by molar-refractivity contribution is -0.140. The van der Waals surface area contributed by atoms with Gasteiger partial charge in [0, 0.05) is 41.9 Å². The number of hydrogen-bond acceptors (Lipinski definition) is 4. The van der Waals surface area contributed by atoms with Gasteiger partial charge in [-0.15, -0.1) is 0 Å². The van der Waals surface area contributed by atoms with Crippen molar-refractivity contribution in [2.24, 2.45) is 0 Å². The van der Waals surface area contributed by atoms with Crippen molar-refractivity contribution in [3.05, 3.63) is 58.9 Å². The van der Waals surface area contributed by atoms with Gasteiger partial charge in [0.05, 0.1) is 19.8 Å². The van der Waals surface area contributed by atoms with Gasteiger partial charge >= 0.3 is 6.18 Å². The van der Waals surface area contributed by atoms with Gasteiger partial charge in [-0.3, -0.25) is 9.69 Å². The molecule has 2 bridgehead atoms. The maximum atomic E-state index is 13.9. The third-order valence-electron chi connectivity index (χ3n) is 6.60. The van der Waals surface area contributed by atoms with E-state index >= 15 is 0 Å². The third-order valence-corrected chi connectivity index (χ3v) is 6.60. The van der Waals surface area contributed by atoms with Crippen LogP contribution in [-0.4, -0.2) is 43.2 Å². The SMILES string of the molecule is COc1ccc(CN2C3CCC2CC(NC(=O)c2ccc(C(F)(F)F)c(F)c2)C3)c(OC)c1. The van der Waals surface area contributed by atoms with Gasteiger partial charge < -0.3 is 14.8 Å². The summed E-state index contributed by atoms with van der Waals surface area (Å²) in [6.45, 7) is 0.716. The maximum absolute atomic E-state index is 13.9. The minimum absolute atomic E-state index is 0.113. The number of benzene rings is 2. The van der Waals surface area contributed by atoms with Crippen LogP contribution < -0.4 is 14.8 Å². The van der Waals surface area contributed by atoms with Crippen LogP contribution in [0.4, 0.5) is 17.6 Å². The molecule has 0 spiro atoms. The fourth-order valence-corrected chi connectivity index (χ4v) is 4.98. The summed E-state index contributed by atoms with van der Waals surface area (Å²) in [5.41, 5.74) is -0.435. The lowest BCUT2D eigenvalue weighted by Gasteiger charge is -2.39. The number of hydrogen-bond donors (Lipinski definition) is 1. The minimum Gasteiger partial charge on any atom is -0.497 e. The van der Waals surface area contributed by atoms with Gasteiger partial charge in [-0.05, 0) is 49.9 Å². The predicted octanol–water partition coefficient (Wildman–Crippen LogP) is 4.79. The largest absolute Gasteiger partial charge is 0.497 e. The summed E-state index contributed by atoms with van der Waals surface area (Å²) in [6, 6.07) is 8.44. The molecule has 2 aliphatic heterocycles. The summed E-state index contributed by atoms with van der Waals surface area (Å²) in [5.74, 6) is -0.524. The van der Waals surface area contributed by atoms with E-state index < -0.39 is 23.5 Å². The molecule has 4 rings (SSSR count). The number of nitrogens with one attached hydrogen (secondary N) is 1. The van der Waals surface area contributed by atoms with Crippen LogP contribution in [0.2, 0.25) is 0 Å². The molecule has 178 valence electrons. The van der Waals surface area contributed by atoms with Gasteiger partial charge in [0.1, 0.15) is 17.3 Å². The lowest BCUT2D eigenvalue weighted by atomic mass is 9.96. The third kappa shape index (κ3) is 4.93. The van der Waals surface area contributed by atoms with Crippen LogP contribution in [0.15, 0.2) is 36.4 Å². The fraction of sp³-hybridized carbons (Fsp3) is 0.458. The summed E-state index contributed by atoms with van der Waals surface area (Å²) < 4.78 is 62.9. The lowest BCUT2D eigenvalue weighted by Crippen LogP contribution is -2.50. The van der Waals surface area contributed by atoms with Crippen LogP contribution in [0.3, 0.4) is 0 Å². The molecule has 2 aliphatic rings. The number of amides is 1. The van der Waals surface area contributed by atoms with Crippen molar-refractivity contribution >= 4 is 5.91 Å². The first kappa shape index (κ1) is 23.4. The van der Waals surface area contributed by atoms with Gasteiger partial charge in [-0.25, -0.2) is 4.39 Å². The van der Waals surface area contributed by atoms with E-state index in [1.54, 1.807) is 14.2 Å². The summed E-state index contributed by atoms with van der Waals surface area (Å²) in [6.07, 6.45) is -1.33. The second kappa shape index (κ2) is 9.21. The van der Waals surface area contributed by atoms with Gasteiger partial charge in [-0.1, -0.05) is 6.07 Å². The Kier molecular flexibility index (Phi) is 6.52. The number of nitrogens with zero attached hydrogens (tertiary/aromatic N) is 1. The molecular weight excluding hydrogens is 440 g/mol. The van der Waals surface area contributed by atoms with E-state index in [4.69, 9.17) is 9.47 Å². The van der Waals surface area contributed by atoms with E-state index in [0.717, 1.165) is 48.8 Å². The number of rotatable bonds is 6. The number of ether oxygens (including phenoxy) is 2. The average Bonchev–Trinajstić information content (AvgIpc) is 3.00. The number of piperidine rings is 1. The van der Waals surface area contributed by atoms with Crippen LogP contribution >= 0.6 is 0 Å². The van der Waals surface area contributed by atoms with Crippen LogP contribution in [-0.2, 0) is 12.7 Å². The molecule has 2 heterocycles. The van der Waals surface area contributed by atoms with Crippen LogP contribution in [0, 0.1) is 5.82 Å². The molecule has 2 aromatic carbocycles. The Morgan fingerprint density at radius 2 is 1.76 bits per heavy atom. The zero-order valence-corrected chi connectivity index (χ0v) is 18.4. The van der Waals surface area contributed by atoms with E-state index in [1.807, 2.05) is 18.2 Å². The second-order valence-corrected chi connectivity index (χ2v) is 8.57. The molecule has 0 aromatic heterocycles. The summed E-state index contributed by atoms with van der Waals surface area (Å²) in [5, 5.41) is 2.89. The van der Waals surface area contributed by atoms with Gasteiger partial charge in [-0.2, -0.15) is 13.2 Å². The van der Waals surface area contributed by atoms with E-state index in [9.17, 15) is 22.4 Å². The first-order valence-corrected chi connectivity index (χ1v) is 10.8. The van der Waals surface area contributed by atoms with Crippen molar-refractivity contribution in [3.8, 4) is 11.5 Å². The van der Waals surface area contributed by atoms with Crippen molar-refractivity contribution in [1.29, 1.82) is 0 Å². The molecule has 33 heavy (non-hydrogen) atoms. The van der Waals surface area contributed by atoms with E-state index in [1.165, 1.54) is 0 Å². The van der Waals surface area contributed by atoms with Crippen molar-refractivity contribution < 1.29 is 31.8 Å². The Morgan fingerprint density at radius 3 is 2.33 bits per heavy atom. The topological polar surface area (TPSA) is 50.8 Å². The number of carbonyl (C=O) groups excluding carboxylic acids is 1. The van der Waals surface area contributed by atoms with Gasteiger partial charge in [0.15, 0.2) is 0 Å². The highest BCUT2D eigenvalue weighted by molar-refractivity contribution is 5.94. The van der Waals surface area contributed by atoms with Crippen molar-refractivity contribution in [2.45, 2.75) is 56.5 Å². The number of methoxy groups -OCH3 is 2. The Labute approximate surface area is 189 Å². The molecule has 5 nitrogen and oxygen atoms in total. The van der Waals surface area contributed by atoms with Gasteiger partial charge in [0.2, 0.25) is 0 Å². The quantitative estimate of drug-likeness (QED) is 0.623. The van der Waals surface area contributed by atoms with E-state index in [0.29, 0.717) is 18.7 Å². The Morgan fingerprint density at radius 1 is 1.06 bits per heavy atom. The van der Waals surface area contributed by atoms with E-state index in [2.05, 4.69) is 10.2 Å². The van der Waals surface area contributed by atoms with Crippen LogP contribution in [0.1, 0.15) is 47.2 Å². The molecule has 2 unspecified atom stereocenters. The zero-order chi connectivity index (χ0) is 23.8. The Bertz CT molecular complexity index is 1010.